The number of allylic oxidation sites excluding steroid dienone is 1. The minimum absolute atomic E-state index is 0.0198. The summed E-state index contributed by atoms with van der Waals surface area (Å²) in [6.07, 6.45) is 75.8. The highest BCUT2D eigenvalue weighted by Crippen LogP contribution is 2.19. The first-order chi connectivity index (χ1) is 34.0. The van der Waals surface area contributed by atoms with Gasteiger partial charge in [0.15, 0.2) is 0 Å². The zero-order valence-electron chi connectivity index (χ0n) is 47.2. The van der Waals surface area contributed by atoms with Gasteiger partial charge >= 0.3 is 0 Å². The average molecular weight is 975 g/mol. The summed E-state index contributed by atoms with van der Waals surface area (Å²) in [5.74, 6) is -0.306. The second-order valence-corrected chi connectivity index (χ2v) is 22.4. The summed E-state index contributed by atoms with van der Waals surface area (Å²) < 4.78 is 0. The van der Waals surface area contributed by atoms with Gasteiger partial charge in [-0.2, -0.15) is 0 Å². The first kappa shape index (κ1) is 68.1. The quantitative estimate of drug-likeness (QED) is 0.0361. The Morgan fingerprint density at radius 2 is 0.594 bits per heavy atom. The van der Waals surface area contributed by atoms with Crippen molar-refractivity contribution in [1.82, 2.24) is 5.32 Å². The minimum Gasteiger partial charge on any atom is -0.394 e. The van der Waals surface area contributed by atoms with Crippen LogP contribution in [0.3, 0.4) is 0 Å². The number of rotatable bonds is 60. The van der Waals surface area contributed by atoms with E-state index >= 15 is 0 Å². The Labute approximate surface area is 433 Å². The van der Waals surface area contributed by atoms with Crippen molar-refractivity contribution in [2.45, 2.75) is 385 Å². The summed E-state index contributed by atoms with van der Waals surface area (Å²) in [6, 6.07) is -0.742. The van der Waals surface area contributed by atoms with Gasteiger partial charge in [-0.3, -0.25) is 4.79 Å². The Balaban J connectivity index is 3.49. The van der Waals surface area contributed by atoms with Crippen molar-refractivity contribution in [3.8, 4) is 0 Å². The smallest absolute Gasteiger partial charge is 0.222 e. The van der Waals surface area contributed by atoms with Gasteiger partial charge in [-0.1, -0.05) is 353 Å². The third-order valence-electron chi connectivity index (χ3n) is 15.3. The zero-order valence-corrected chi connectivity index (χ0v) is 47.2. The number of aliphatic hydroxyl groups is 3. The largest absolute Gasteiger partial charge is 0.394 e. The number of unbranched alkanes of at least 4 members (excludes halogenated alkanes) is 51. The zero-order chi connectivity index (χ0) is 50.0. The van der Waals surface area contributed by atoms with Gasteiger partial charge in [-0.25, -0.2) is 0 Å². The van der Waals surface area contributed by atoms with Crippen molar-refractivity contribution in [1.29, 1.82) is 0 Å². The number of carbonyl (C=O) groups excluding carboxylic acids is 1. The Hall–Kier alpha value is -0.910. The maximum atomic E-state index is 12.6. The second-order valence-electron chi connectivity index (χ2n) is 22.4. The van der Waals surface area contributed by atoms with E-state index in [0.29, 0.717) is 6.42 Å². The molecular formula is C64H127NO4. The summed E-state index contributed by atoms with van der Waals surface area (Å²) >= 11 is 0. The standard InChI is InChI=1S/C64H127NO4/c1-3-5-7-9-11-13-15-17-19-21-23-25-27-29-30-31-32-34-35-37-39-41-43-45-47-49-51-53-55-57-61(67)59-64(69)65-62(60-66)63(68)58-56-54-52-50-48-46-44-42-40-38-36-33-28-26-24-22-20-18-16-14-12-10-8-6-4-2/h56,58,61-63,66-68H,3-55,57,59-60H2,1-2H3,(H,65,69)/b58-56+. The molecule has 0 aliphatic heterocycles. The normalized spacial score (nSPS) is 13.2. The van der Waals surface area contributed by atoms with E-state index in [-0.39, 0.29) is 18.9 Å². The minimum atomic E-state index is -0.927. The molecule has 0 heterocycles. The van der Waals surface area contributed by atoms with E-state index in [1.165, 1.54) is 315 Å². The molecule has 0 radical (unpaired) electrons. The number of hydrogen-bond acceptors (Lipinski definition) is 4. The molecule has 0 bridgehead atoms. The maximum absolute atomic E-state index is 12.6. The predicted molar refractivity (Wildman–Crippen MR) is 305 cm³/mol. The Kier molecular flexibility index (Phi) is 58.9. The predicted octanol–water partition coefficient (Wildman–Crippen LogP) is 20.2. The molecule has 3 unspecified atom stereocenters. The van der Waals surface area contributed by atoms with Crippen LogP contribution < -0.4 is 5.32 Å². The maximum Gasteiger partial charge on any atom is 0.222 e. The third-order valence-corrected chi connectivity index (χ3v) is 15.3. The number of hydrogen-bond donors (Lipinski definition) is 4. The lowest BCUT2D eigenvalue weighted by atomic mass is 10.0. The van der Waals surface area contributed by atoms with Gasteiger partial charge < -0.3 is 20.6 Å². The molecule has 0 aliphatic carbocycles. The van der Waals surface area contributed by atoms with Crippen LogP contribution in [0.15, 0.2) is 12.2 Å². The van der Waals surface area contributed by atoms with E-state index < -0.39 is 18.2 Å². The van der Waals surface area contributed by atoms with Crippen LogP contribution in [-0.4, -0.2) is 46.1 Å². The highest BCUT2D eigenvalue weighted by molar-refractivity contribution is 5.76. The van der Waals surface area contributed by atoms with E-state index in [1.54, 1.807) is 6.08 Å². The number of aliphatic hydroxyl groups excluding tert-OH is 3. The molecular weight excluding hydrogens is 847 g/mol. The summed E-state index contributed by atoms with van der Waals surface area (Å²) in [6.45, 7) is 4.27. The summed E-state index contributed by atoms with van der Waals surface area (Å²) in [5.41, 5.74) is 0. The van der Waals surface area contributed by atoms with E-state index in [0.717, 1.165) is 25.7 Å². The highest BCUT2D eigenvalue weighted by atomic mass is 16.3. The van der Waals surface area contributed by atoms with E-state index in [9.17, 15) is 20.1 Å². The number of carbonyl (C=O) groups is 1. The first-order valence-corrected chi connectivity index (χ1v) is 32.0. The average Bonchev–Trinajstić information content (AvgIpc) is 3.35. The van der Waals surface area contributed by atoms with Gasteiger partial charge in [0.1, 0.15) is 0 Å². The Morgan fingerprint density at radius 3 is 0.841 bits per heavy atom. The monoisotopic (exact) mass is 974 g/mol. The molecule has 412 valence electrons. The molecule has 0 fully saturated rings. The molecule has 0 saturated heterocycles. The van der Waals surface area contributed by atoms with Crippen molar-refractivity contribution in [3.05, 3.63) is 12.2 Å². The van der Waals surface area contributed by atoms with Gasteiger partial charge in [0.25, 0.3) is 0 Å². The molecule has 69 heavy (non-hydrogen) atoms. The molecule has 3 atom stereocenters. The molecule has 0 rings (SSSR count). The highest BCUT2D eigenvalue weighted by Gasteiger charge is 2.20. The topological polar surface area (TPSA) is 89.8 Å². The Morgan fingerprint density at radius 1 is 0.362 bits per heavy atom. The van der Waals surface area contributed by atoms with Gasteiger partial charge in [-0.15, -0.1) is 0 Å². The van der Waals surface area contributed by atoms with Crippen molar-refractivity contribution in [2.75, 3.05) is 6.61 Å². The van der Waals surface area contributed by atoms with E-state index in [1.807, 2.05) is 6.08 Å². The molecule has 0 spiro atoms. The lowest BCUT2D eigenvalue weighted by Crippen LogP contribution is -2.45. The fourth-order valence-electron chi connectivity index (χ4n) is 10.5. The summed E-state index contributed by atoms with van der Waals surface area (Å²) in [7, 11) is 0. The van der Waals surface area contributed by atoms with E-state index in [2.05, 4.69) is 19.2 Å². The number of nitrogens with one attached hydrogen (secondary N) is 1. The molecule has 0 saturated carbocycles. The van der Waals surface area contributed by atoms with Gasteiger partial charge in [0, 0.05) is 0 Å². The van der Waals surface area contributed by atoms with Gasteiger partial charge in [0.2, 0.25) is 5.91 Å². The van der Waals surface area contributed by atoms with Crippen LogP contribution in [-0.2, 0) is 4.79 Å². The molecule has 0 aromatic carbocycles. The summed E-state index contributed by atoms with van der Waals surface area (Å²) in [4.78, 5) is 12.6. The molecule has 0 aromatic heterocycles. The van der Waals surface area contributed by atoms with Gasteiger partial charge in [-0.05, 0) is 19.3 Å². The molecule has 1 amide bonds. The van der Waals surface area contributed by atoms with Crippen LogP contribution in [0.1, 0.15) is 367 Å². The van der Waals surface area contributed by atoms with Crippen molar-refractivity contribution >= 4 is 5.91 Å². The summed E-state index contributed by atoms with van der Waals surface area (Å²) in [5, 5.41) is 33.6. The fourth-order valence-corrected chi connectivity index (χ4v) is 10.5. The van der Waals surface area contributed by atoms with Crippen LogP contribution in [0, 0.1) is 0 Å². The lowest BCUT2D eigenvalue weighted by Gasteiger charge is -2.21. The second kappa shape index (κ2) is 59.7. The molecule has 5 heteroatoms. The van der Waals surface area contributed by atoms with Crippen LogP contribution in [0.4, 0.5) is 0 Å². The SMILES string of the molecule is CCCCCCCCCCCCCCCCCCCCCCCCC/C=C/C(O)C(CO)NC(=O)CC(O)CCCCCCCCCCCCCCCCCCCCCCCCCCCCCCC. The van der Waals surface area contributed by atoms with Crippen LogP contribution in [0.2, 0.25) is 0 Å². The van der Waals surface area contributed by atoms with Crippen molar-refractivity contribution < 1.29 is 20.1 Å². The van der Waals surface area contributed by atoms with Crippen LogP contribution in [0.25, 0.3) is 0 Å². The van der Waals surface area contributed by atoms with Gasteiger partial charge in [0.05, 0.1) is 31.3 Å². The van der Waals surface area contributed by atoms with Crippen LogP contribution in [0.5, 0.6) is 0 Å². The third kappa shape index (κ3) is 56.2. The lowest BCUT2D eigenvalue weighted by molar-refractivity contribution is -0.124. The fraction of sp³-hybridized carbons (Fsp3) is 0.953. The first-order valence-electron chi connectivity index (χ1n) is 32.0. The molecule has 0 aliphatic rings. The van der Waals surface area contributed by atoms with E-state index in [4.69, 9.17) is 0 Å². The molecule has 5 nitrogen and oxygen atoms in total. The molecule has 4 N–H and O–H groups in total. The van der Waals surface area contributed by atoms with Crippen molar-refractivity contribution in [3.63, 3.8) is 0 Å². The van der Waals surface area contributed by atoms with Crippen molar-refractivity contribution in [2.24, 2.45) is 0 Å². The number of amides is 1. The van der Waals surface area contributed by atoms with Crippen LogP contribution >= 0.6 is 0 Å². The molecule has 0 aromatic rings. The Bertz CT molecular complexity index is 987.